The van der Waals surface area contributed by atoms with Gasteiger partial charge in [0.25, 0.3) is 11.8 Å². The quantitative estimate of drug-likeness (QED) is 0.355. The molecule has 12 heteroatoms. The van der Waals surface area contributed by atoms with Gasteiger partial charge in [0.15, 0.2) is 0 Å². The fourth-order valence-electron chi connectivity index (χ4n) is 8.82. The van der Waals surface area contributed by atoms with Gasteiger partial charge in [0, 0.05) is 35.6 Å². The van der Waals surface area contributed by atoms with Crippen molar-refractivity contribution >= 4 is 33.2 Å². The van der Waals surface area contributed by atoms with E-state index in [1.54, 1.807) is 30.0 Å². The van der Waals surface area contributed by atoms with Gasteiger partial charge in [0.05, 0.1) is 42.8 Å². The molecule has 2 fully saturated rings. The minimum Gasteiger partial charge on any atom is -0.490 e. The van der Waals surface area contributed by atoms with Crippen molar-refractivity contribution in [1.82, 2.24) is 9.62 Å². The molecular weight excluding hydrogens is 684 g/mol. The van der Waals surface area contributed by atoms with Gasteiger partial charge in [-0.05, 0) is 112 Å². The predicted molar refractivity (Wildman–Crippen MR) is 191 cm³/mol. The van der Waals surface area contributed by atoms with E-state index in [-0.39, 0.29) is 41.8 Å². The minimum absolute atomic E-state index is 0.147. The smallest absolute Gasteiger partial charge is 0.272 e. The SMILES string of the molecule is C[C@@H]1[C@@H](C)C/C=C/[C@](C)(OCCN2CC(F)(F)C2)[C@@H]2CC[C@H]2CN2C[C@@]3(CCCc4cc(Cl)ccc43)COc3ccc(cc32)C(=O)NS1(=O)=O. The van der Waals surface area contributed by atoms with Crippen molar-refractivity contribution in [2.45, 2.75) is 81.5 Å². The number of carbonyl (C=O) groups is 1. The summed E-state index contributed by atoms with van der Waals surface area (Å²) in [5, 5.41) is -0.119. The van der Waals surface area contributed by atoms with E-state index in [2.05, 4.69) is 34.8 Å². The molecule has 1 saturated heterocycles. The first-order valence-corrected chi connectivity index (χ1v) is 19.9. The lowest BCUT2D eigenvalue weighted by molar-refractivity contribution is -0.146. The number of ether oxygens (including phenoxy) is 2. The highest BCUT2D eigenvalue weighted by atomic mass is 35.5. The van der Waals surface area contributed by atoms with Gasteiger partial charge < -0.3 is 14.4 Å². The first-order valence-electron chi connectivity index (χ1n) is 18.0. The average Bonchev–Trinajstić information content (AvgIpc) is 3.17. The summed E-state index contributed by atoms with van der Waals surface area (Å²) in [5.74, 6) is -2.52. The lowest BCUT2D eigenvalue weighted by Crippen LogP contribution is -2.57. The van der Waals surface area contributed by atoms with E-state index < -0.39 is 32.7 Å². The summed E-state index contributed by atoms with van der Waals surface area (Å²) in [6, 6.07) is 11.3. The molecule has 2 aromatic rings. The molecule has 3 aliphatic heterocycles. The Hall–Kier alpha value is -2.73. The summed E-state index contributed by atoms with van der Waals surface area (Å²) in [5.41, 5.74) is 2.50. The van der Waals surface area contributed by atoms with Crippen LogP contribution in [0.3, 0.4) is 0 Å². The number of sulfonamides is 1. The van der Waals surface area contributed by atoms with Crippen molar-refractivity contribution in [1.29, 1.82) is 0 Å². The number of halogens is 3. The van der Waals surface area contributed by atoms with Crippen LogP contribution in [0.1, 0.15) is 74.4 Å². The van der Waals surface area contributed by atoms with E-state index in [0.29, 0.717) is 50.0 Å². The zero-order chi connectivity index (χ0) is 35.5. The summed E-state index contributed by atoms with van der Waals surface area (Å²) < 4.78 is 69.6. The number of alkyl halides is 2. The van der Waals surface area contributed by atoms with Crippen molar-refractivity contribution in [3.8, 4) is 5.75 Å². The van der Waals surface area contributed by atoms with Gasteiger partial charge in [-0.3, -0.25) is 9.69 Å². The fourth-order valence-corrected chi connectivity index (χ4v) is 10.3. The number of nitrogens with zero attached hydrogens (tertiary/aromatic N) is 2. The summed E-state index contributed by atoms with van der Waals surface area (Å²) in [6.45, 7) is 7.63. The molecule has 6 atom stereocenters. The monoisotopic (exact) mass is 731 g/mol. The molecule has 2 aliphatic carbocycles. The molecule has 7 rings (SSSR count). The van der Waals surface area contributed by atoms with E-state index in [0.717, 1.165) is 37.8 Å². The molecular formula is C38H48ClF2N3O5S. The maximum atomic E-state index is 13.5. The molecule has 1 N–H and O–H groups in total. The Morgan fingerprint density at radius 3 is 2.64 bits per heavy atom. The van der Waals surface area contributed by atoms with Crippen molar-refractivity contribution in [2.75, 3.05) is 50.8 Å². The lowest BCUT2D eigenvalue weighted by atomic mass is 9.64. The summed E-state index contributed by atoms with van der Waals surface area (Å²) in [4.78, 5) is 17.6. The van der Waals surface area contributed by atoms with Crippen LogP contribution < -0.4 is 14.4 Å². The van der Waals surface area contributed by atoms with Crippen molar-refractivity contribution in [3.63, 3.8) is 0 Å². The number of carbonyl (C=O) groups excluding carboxylic acids is 1. The number of fused-ring (bicyclic) bond motifs is 4. The maximum Gasteiger partial charge on any atom is 0.272 e. The predicted octanol–water partition coefficient (Wildman–Crippen LogP) is 6.61. The van der Waals surface area contributed by atoms with E-state index >= 15 is 0 Å². The summed E-state index contributed by atoms with van der Waals surface area (Å²) >= 11 is 6.44. The zero-order valence-corrected chi connectivity index (χ0v) is 30.7. The number of benzene rings is 2. The second kappa shape index (κ2) is 13.4. The van der Waals surface area contributed by atoms with Gasteiger partial charge in [-0.1, -0.05) is 36.7 Å². The van der Waals surface area contributed by atoms with Gasteiger partial charge in [0.1, 0.15) is 5.75 Å². The van der Waals surface area contributed by atoms with Crippen LogP contribution in [0.25, 0.3) is 0 Å². The Labute approximate surface area is 299 Å². The Kier molecular flexibility index (Phi) is 9.52. The molecule has 8 nitrogen and oxygen atoms in total. The van der Waals surface area contributed by atoms with E-state index in [1.165, 1.54) is 11.1 Å². The molecule has 0 aromatic heterocycles. The molecule has 5 aliphatic rings. The molecule has 2 bridgehead atoms. The van der Waals surface area contributed by atoms with Crippen LogP contribution in [0.15, 0.2) is 48.6 Å². The molecule has 1 amide bonds. The van der Waals surface area contributed by atoms with E-state index in [4.69, 9.17) is 21.1 Å². The molecule has 0 unspecified atom stereocenters. The fraction of sp³-hybridized carbons (Fsp3) is 0.605. The zero-order valence-electron chi connectivity index (χ0n) is 29.1. The highest BCUT2D eigenvalue weighted by Gasteiger charge is 2.48. The van der Waals surface area contributed by atoms with E-state index in [1.807, 2.05) is 19.1 Å². The van der Waals surface area contributed by atoms with Crippen LogP contribution in [0.2, 0.25) is 5.02 Å². The largest absolute Gasteiger partial charge is 0.490 e. The normalized spacial score (nSPS) is 34.2. The minimum atomic E-state index is -3.99. The second-order valence-corrected chi connectivity index (χ2v) is 18.1. The average molecular weight is 732 g/mol. The molecule has 1 spiro atoms. The standard InChI is InChI=1S/C38H48ClF2N3O5S/c1-25-6-4-14-36(3,49-17-16-43-22-38(40,41)23-43)31-11-8-29(31)20-44-21-37(15-5-7-27-18-30(39)10-12-32(27)37)24-48-34-13-9-28(19-33(34)44)35(45)42-50(46,47)26(25)2/h4,9-10,12-14,18-19,25-26,29,31H,5-8,11,15-17,20-24H2,1-3H3,(H,42,45)/b14-4+/t25-,26+,29-,31+,36-,37-/m0/s1. The van der Waals surface area contributed by atoms with Crippen LogP contribution in [-0.2, 0) is 26.6 Å². The Balaban J connectivity index is 1.25. The number of amides is 1. The van der Waals surface area contributed by atoms with Gasteiger partial charge in [-0.15, -0.1) is 0 Å². The molecule has 2 aromatic carbocycles. The first kappa shape index (κ1) is 35.7. The third-order valence-corrected chi connectivity index (χ3v) is 14.3. The molecule has 50 heavy (non-hydrogen) atoms. The third-order valence-electron chi connectivity index (χ3n) is 12.1. The maximum absolute atomic E-state index is 13.5. The number of rotatable bonds is 4. The van der Waals surface area contributed by atoms with Gasteiger partial charge in [-0.25, -0.2) is 21.9 Å². The Morgan fingerprint density at radius 2 is 1.90 bits per heavy atom. The molecule has 1 saturated carbocycles. The third kappa shape index (κ3) is 6.92. The highest BCUT2D eigenvalue weighted by molar-refractivity contribution is 7.90. The Morgan fingerprint density at radius 1 is 1.10 bits per heavy atom. The number of allylic oxidation sites excluding steroid dienone is 1. The van der Waals surface area contributed by atoms with Gasteiger partial charge >= 0.3 is 0 Å². The second-order valence-electron chi connectivity index (χ2n) is 15.6. The summed E-state index contributed by atoms with van der Waals surface area (Å²) in [6.07, 6.45) is 9.34. The Bertz CT molecular complexity index is 1770. The number of nitrogens with one attached hydrogen (secondary N) is 1. The van der Waals surface area contributed by atoms with Crippen LogP contribution in [0.5, 0.6) is 5.75 Å². The lowest BCUT2D eigenvalue weighted by Gasteiger charge is -2.50. The number of aryl methyl sites for hydroxylation is 1. The van der Waals surface area contributed by atoms with Crippen molar-refractivity contribution < 1.29 is 31.5 Å². The molecule has 272 valence electrons. The van der Waals surface area contributed by atoms with Crippen molar-refractivity contribution in [3.05, 3.63) is 70.3 Å². The van der Waals surface area contributed by atoms with Gasteiger partial charge in [-0.2, -0.15) is 0 Å². The number of hydrogen-bond donors (Lipinski definition) is 1. The number of hydrogen-bond acceptors (Lipinski definition) is 7. The van der Waals surface area contributed by atoms with Gasteiger partial charge in [0.2, 0.25) is 10.0 Å². The summed E-state index contributed by atoms with van der Waals surface area (Å²) in [7, 11) is -3.99. The van der Waals surface area contributed by atoms with Crippen LogP contribution in [-0.4, -0.2) is 81.9 Å². The first-order chi connectivity index (χ1) is 23.7. The van der Waals surface area contributed by atoms with Crippen LogP contribution >= 0.6 is 11.6 Å². The number of likely N-dealkylation sites (tertiary alicyclic amines) is 1. The molecule has 3 heterocycles. The molecule has 0 radical (unpaired) electrons. The highest BCUT2D eigenvalue weighted by Crippen LogP contribution is 2.49. The topological polar surface area (TPSA) is 88.2 Å². The number of anilines is 1. The van der Waals surface area contributed by atoms with E-state index in [9.17, 15) is 22.0 Å². The van der Waals surface area contributed by atoms with Crippen molar-refractivity contribution in [2.24, 2.45) is 17.8 Å². The van der Waals surface area contributed by atoms with Crippen LogP contribution in [0, 0.1) is 17.8 Å². The van der Waals surface area contributed by atoms with Crippen LogP contribution in [0.4, 0.5) is 14.5 Å².